The number of rotatable bonds is 2. The number of anilines is 1. The summed E-state index contributed by atoms with van der Waals surface area (Å²) in [5.41, 5.74) is 2.55. The van der Waals surface area contributed by atoms with Gasteiger partial charge in [0.15, 0.2) is 0 Å². The Morgan fingerprint density at radius 1 is 1.30 bits per heavy atom. The number of nitrogens with zero attached hydrogens (tertiary/aromatic N) is 3. The fourth-order valence-corrected chi connectivity index (χ4v) is 5.67. The van der Waals surface area contributed by atoms with E-state index in [0.29, 0.717) is 15.9 Å². The number of thioether (sulfide) groups is 1. The van der Waals surface area contributed by atoms with E-state index in [4.69, 9.17) is 23.2 Å². The minimum atomic E-state index is -0.660. The molecule has 0 aliphatic carbocycles. The predicted molar refractivity (Wildman–Crippen MR) is 113 cm³/mol. The van der Waals surface area contributed by atoms with E-state index in [1.807, 2.05) is 38.4 Å². The minimum absolute atomic E-state index is 0.0741. The van der Waals surface area contributed by atoms with E-state index in [2.05, 4.69) is 15.4 Å². The van der Waals surface area contributed by atoms with Gasteiger partial charge in [-0.3, -0.25) is 9.48 Å². The molecule has 1 N–H and O–H groups in total. The molecular weight excluding hydrogens is 423 g/mol. The minimum Gasteiger partial charge on any atom is -0.309 e. The van der Waals surface area contributed by atoms with Crippen LogP contribution in [-0.2, 0) is 11.8 Å². The molecule has 0 saturated heterocycles. The molecule has 2 aromatic heterocycles. The Morgan fingerprint density at radius 3 is 2.74 bits per heavy atom. The van der Waals surface area contributed by atoms with Gasteiger partial charge in [0.1, 0.15) is 16.5 Å². The first-order valence-corrected chi connectivity index (χ1v) is 10.7. The zero-order valence-electron chi connectivity index (χ0n) is 14.8. The molecule has 27 heavy (non-hydrogen) atoms. The third-order valence-corrected chi connectivity index (χ3v) is 7.26. The number of halogens is 2. The second-order valence-corrected chi connectivity index (χ2v) is 10.2. The molecule has 0 saturated carbocycles. The Hall–Kier alpha value is -1.54. The van der Waals surface area contributed by atoms with Crippen LogP contribution in [0.2, 0.25) is 10.0 Å². The lowest BCUT2D eigenvalue weighted by atomic mass is 10.0. The van der Waals surface area contributed by atoms with E-state index >= 15 is 0 Å². The molecule has 3 aromatic rings. The Bertz CT molecular complexity index is 1030. The highest BCUT2D eigenvalue weighted by Crippen LogP contribution is 2.52. The molecule has 1 aliphatic rings. The number of benzene rings is 1. The number of fused-ring (bicyclic) bond motifs is 1. The van der Waals surface area contributed by atoms with Gasteiger partial charge in [-0.2, -0.15) is 5.10 Å². The Kier molecular flexibility index (Phi) is 4.74. The predicted octanol–water partition coefficient (Wildman–Crippen LogP) is 5.40. The quantitative estimate of drug-likeness (QED) is 0.581. The van der Waals surface area contributed by atoms with Gasteiger partial charge in [0, 0.05) is 34.2 Å². The number of carbonyl (C=O) groups excluding carboxylic acids is 1. The summed E-state index contributed by atoms with van der Waals surface area (Å²) in [5.74, 6) is 0.592. The topological polar surface area (TPSA) is 59.8 Å². The highest BCUT2D eigenvalue weighted by atomic mass is 35.5. The maximum atomic E-state index is 12.8. The van der Waals surface area contributed by atoms with Gasteiger partial charge in [-0.15, -0.1) is 23.1 Å². The molecule has 5 nitrogen and oxygen atoms in total. The van der Waals surface area contributed by atoms with Crippen LogP contribution in [0, 0.1) is 0 Å². The van der Waals surface area contributed by atoms with E-state index in [-0.39, 0.29) is 11.2 Å². The Labute approximate surface area is 175 Å². The summed E-state index contributed by atoms with van der Waals surface area (Å²) in [6.07, 6.45) is 1.75. The zero-order valence-corrected chi connectivity index (χ0v) is 17.9. The van der Waals surface area contributed by atoms with Gasteiger partial charge in [0.2, 0.25) is 5.91 Å². The van der Waals surface area contributed by atoms with Gasteiger partial charge in [-0.05, 0) is 31.5 Å². The maximum absolute atomic E-state index is 12.8. The number of carbonyl (C=O) groups is 1. The van der Waals surface area contributed by atoms with Crippen molar-refractivity contribution in [2.24, 2.45) is 7.05 Å². The molecule has 1 unspecified atom stereocenters. The van der Waals surface area contributed by atoms with Crippen molar-refractivity contribution >= 4 is 58.0 Å². The first-order valence-electron chi connectivity index (χ1n) is 8.19. The van der Waals surface area contributed by atoms with Gasteiger partial charge in [0.05, 0.1) is 10.00 Å². The van der Waals surface area contributed by atoms with Crippen molar-refractivity contribution < 1.29 is 4.79 Å². The highest BCUT2D eigenvalue weighted by Gasteiger charge is 2.41. The lowest BCUT2D eigenvalue weighted by molar-refractivity contribution is -0.117. The van der Waals surface area contributed by atoms with Crippen LogP contribution in [0.3, 0.4) is 0 Å². The molecule has 0 bridgehead atoms. The van der Waals surface area contributed by atoms with Crippen LogP contribution in [0.5, 0.6) is 0 Å². The summed E-state index contributed by atoms with van der Waals surface area (Å²) in [7, 11) is 1.82. The van der Waals surface area contributed by atoms with Crippen molar-refractivity contribution in [3.05, 3.63) is 50.9 Å². The number of hydrogen-bond donors (Lipinski definition) is 1. The molecule has 140 valence electrons. The van der Waals surface area contributed by atoms with Crippen molar-refractivity contribution in [3.8, 4) is 10.7 Å². The molecule has 9 heteroatoms. The smallest absolute Gasteiger partial charge is 0.241 e. The van der Waals surface area contributed by atoms with Crippen molar-refractivity contribution in [2.75, 3.05) is 5.32 Å². The second kappa shape index (κ2) is 6.81. The summed E-state index contributed by atoms with van der Waals surface area (Å²) in [6.45, 7) is 3.82. The molecule has 0 spiro atoms. The van der Waals surface area contributed by atoms with Gasteiger partial charge in [-0.25, -0.2) is 4.98 Å². The van der Waals surface area contributed by atoms with E-state index in [1.165, 1.54) is 11.3 Å². The van der Waals surface area contributed by atoms with E-state index in [9.17, 15) is 4.79 Å². The average molecular weight is 439 g/mol. The lowest BCUT2D eigenvalue weighted by Gasteiger charge is -2.25. The van der Waals surface area contributed by atoms with Crippen LogP contribution in [0.25, 0.3) is 10.7 Å². The van der Waals surface area contributed by atoms with Crippen LogP contribution >= 0.6 is 46.3 Å². The lowest BCUT2D eigenvalue weighted by Crippen LogP contribution is -2.33. The molecule has 3 heterocycles. The molecular formula is C18H16Cl2N4OS2. The van der Waals surface area contributed by atoms with Gasteiger partial charge in [0.25, 0.3) is 0 Å². The van der Waals surface area contributed by atoms with E-state index in [1.54, 1.807) is 28.7 Å². The summed E-state index contributed by atoms with van der Waals surface area (Å²) in [4.78, 5) is 17.2. The normalized spacial score (nSPS) is 18.7. The number of nitrogens with one attached hydrogen (secondary N) is 1. The van der Waals surface area contributed by atoms with Gasteiger partial charge < -0.3 is 5.32 Å². The number of amides is 1. The molecule has 1 atom stereocenters. The molecule has 1 amide bonds. The molecule has 1 aliphatic heterocycles. The summed E-state index contributed by atoms with van der Waals surface area (Å²) in [6, 6.07) is 5.46. The Balaban J connectivity index is 1.99. The molecule has 1 aromatic carbocycles. The molecule has 0 radical (unpaired) electrons. The number of aromatic nitrogens is 3. The monoisotopic (exact) mass is 438 g/mol. The first kappa shape index (κ1) is 18.8. The number of thiazole rings is 1. The first-order chi connectivity index (χ1) is 12.8. The fraction of sp³-hybridized carbons (Fsp3) is 0.278. The van der Waals surface area contributed by atoms with Crippen molar-refractivity contribution in [1.29, 1.82) is 0 Å². The van der Waals surface area contributed by atoms with Crippen LogP contribution in [-0.4, -0.2) is 25.4 Å². The second-order valence-electron chi connectivity index (χ2n) is 6.70. The largest absolute Gasteiger partial charge is 0.309 e. The van der Waals surface area contributed by atoms with Crippen molar-refractivity contribution in [3.63, 3.8) is 0 Å². The van der Waals surface area contributed by atoms with Crippen LogP contribution < -0.4 is 5.32 Å². The Morgan fingerprint density at radius 2 is 2.07 bits per heavy atom. The third kappa shape index (κ3) is 3.27. The van der Waals surface area contributed by atoms with Crippen LogP contribution in [0.15, 0.2) is 29.8 Å². The third-order valence-electron chi connectivity index (χ3n) is 4.42. The molecule has 0 fully saturated rings. The average Bonchev–Trinajstić information content (AvgIpc) is 3.20. The van der Waals surface area contributed by atoms with Crippen molar-refractivity contribution in [1.82, 2.24) is 14.8 Å². The zero-order chi connectivity index (χ0) is 19.3. The summed E-state index contributed by atoms with van der Waals surface area (Å²) < 4.78 is 1.04. The van der Waals surface area contributed by atoms with Gasteiger partial charge >= 0.3 is 0 Å². The van der Waals surface area contributed by atoms with Crippen molar-refractivity contribution in [2.45, 2.75) is 23.8 Å². The SMILES string of the molecule is Cn1nc(-c2nccs2)c2c1NC(=O)C(C)(C)SC2c1ccc(Cl)cc1Cl. The van der Waals surface area contributed by atoms with Crippen LogP contribution in [0.1, 0.15) is 30.2 Å². The van der Waals surface area contributed by atoms with Gasteiger partial charge in [-0.1, -0.05) is 29.3 Å². The number of hydrogen-bond acceptors (Lipinski definition) is 5. The summed E-state index contributed by atoms with van der Waals surface area (Å²) >= 11 is 15.7. The molecule has 4 rings (SSSR count). The van der Waals surface area contributed by atoms with E-state index < -0.39 is 4.75 Å². The standard InChI is InChI=1S/C18H16Cl2N4OS2/c1-18(2)17(25)22-15-12(13(23-24(15)3)16-21-6-7-26-16)14(27-18)10-5-4-9(19)8-11(10)20/h4-8,14H,1-3H3,(H,22,25). The maximum Gasteiger partial charge on any atom is 0.241 e. The highest BCUT2D eigenvalue weighted by molar-refractivity contribution is 8.01. The van der Waals surface area contributed by atoms with Crippen LogP contribution in [0.4, 0.5) is 5.82 Å². The number of aryl methyl sites for hydroxylation is 1. The van der Waals surface area contributed by atoms with E-state index in [0.717, 1.165) is 21.8 Å². The summed E-state index contributed by atoms with van der Waals surface area (Å²) in [5, 5.41) is 11.3. The fourth-order valence-electron chi connectivity index (χ4n) is 3.03.